The van der Waals surface area contributed by atoms with Crippen molar-refractivity contribution < 1.29 is 9.18 Å². The van der Waals surface area contributed by atoms with Crippen LogP contribution in [-0.4, -0.2) is 25.2 Å². The minimum absolute atomic E-state index is 0.252. The van der Waals surface area contributed by atoms with Gasteiger partial charge in [-0.05, 0) is 23.8 Å². The van der Waals surface area contributed by atoms with Gasteiger partial charge >= 0.3 is 0 Å². The van der Waals surface area contributed by atoms with Crippen LogP contribution in [0, 0.1) is 11.7 Å². The third-order valence-electron chi connectivity index (χ3n) is 4.30. The van der Waals surface area contributed by atoms with E-state index in [0.29, 0.717) is 16.6 Å². The van der Waals surface area contributed by atoms with Gasteiger partial charge in [-0.2, -0.15) is 5.10 Å². The molecule has 7 nitrogen and oxygen atoms in total. The van der Waals surface area contributed by atoms with E-state index >= 15 is 0 Å². The van der Waals surface area contributed by atoms with E-state index in [0.717, 1.165) is 15.8 Å². The molecular weight excluding hydrogens is 349 g/mol. The van der Waals surface area contributed by atoms with Crippen molar-refractivity contribution >= 4 is 22.5 Å². The Balaban J connectivity index is 1.85. The molecule has 1 amide bonds. The van der Waals surface area contributed by atoms with Crippen molar-refractivity contribution in [2.24, 2.45) is 5.92 Å². The zero-order chi connectivity index (χ0) is 19.1. The summed E-state index contributed by atoms with van der Waals surface area (Å²) >= 11 is 0. The van der Waals surface area contributed by atoms with Gasteiger partial charge in [0.2, 0.25) is 5.91 Å². The molecule has 0 aliphatic rings. The highest BCUT2D eigenvalue weighted by molar-refractivity contribution is 5.87. The van der Waals surface area contributed by atoms with E-state index in [4.69, 9.17) is 0 Å². The average Bonchev–Trinajstić information content (AvgIpc) is 3.09. The highest BCUT2D eigenvalue weighted by atomic mass is 19.1. The highest BCUT2D eigenvalue weighted by Crippen LogP contribution is 2.25. The highest BCUT2D eigenvalue weighted by Gasteiger charge is 2.14. The number of benzene rings is 1. The normalized spacial score (nSPS) is 11.4. The van der Waals surface area contributed by atoms with E-state index in [9.17, 15) is 14.0 Å². The van der Waals surface area contributed by atoms with Crippen molar-refractivity contribution in [3.05, 3.63) is 65.1 Å². The molecule has 3 heterocycles. The molecule has 0 radical (unpaired) electrons. The number of pyridine rings is 1. The monoisotopic (exact) mass is 365 g/mol. The van der Waals surface area contributed by atoms with Gasteiger partial charge in [0.25, 0.3) is 5.56 Å². The number of rotatable bonds is 3. The van der Waals surface area contributed by atoms with E-state index in [1.165, 1.54) is 24.5 Å². The van der Waals surface area contributed by atoms with Gasteiger partial charge in [-0.25, -0.2) is 18.6 Å². The molecule has 27 heavy (non-hydrogen) atoms. The maximum absolute atomic E-state index is 13.2. The Bertz CT molecular complexity index is 1220. The zero-order valence-corrected chi connectivity index (χ0v) is 14.7. The summed E-state index contributed by atoms with van der Waals surface area (Å²) < 4.78 is 15.9. The van der Waals surface area contributed by atoms with E-state index in [1.807, 2.05) is 0 Å². The number of hydrogen-bond acceptors (Lipinski definition) is 4. The lowest BCUT2D eigenvalue weighted by atomic mass is 10.1. The number of aromatic nitrogens is 4. The first-order valence-electron chi connectivity index (χ1n) is 8.40. The van der Waals surface area contributed by atoms with Gasteiger partial charge in [0.15, 0.2) is 5.65 Å². The van der Waals surface area contributed by atoms with Crippen LogP contribution in [0.25, 0.3) is 27.7 Å². The lowest BCUT2D eigenvalue weighted by Gasteiger charge is -2.11. The van der Waals surface area contributed by atoms with Crippen LogP contribution in [0.5, 0.6) is 0 Å². The number of carbonyl (C=O) groups is 1. The predicted octanol–water partition coefficient (Wildman–Crippen LogP) is 2.58. The second-order valence-electron chi connectivity index (χ2n) is 6.48. The topological polar surface area (TPSA) is 81.3 Å². The zero-order valence-electron chi connectivity index (χ0n) is 14.7. The van der Waals surface area contributed by atoms with Crippen molar-refractivity contribution in [2.75, 3.05) is 5.43 Å². The SMILES string of the molecule is CC(C)C(=O)Nn1ccc2c(cnc3c(-c4ccc(F)cc4)cnn32)c1=O. The maximum Gasteiger partial charge on any atom is 0.280 e. The van der Waals surface area contributed by atoms with Gasteiger partial charge in [-0.1, -0.05) is 26.0 Å². The predicted molar refractivity (Wildman–Crippen MR) is 99.4 cm³/mol. The van der Waals surface area contributed by atoms with Crippen LogP contribution in [0.4, 0.5) is 4.39 Å². The van der Waals surface area contributed by atoms with Crippen molar-refractivity contribution in [3.63, 3.8) is 0 Å². The van der Waals surface area contributed by atoms with Crippen LogP contribution in [0.2, 0.25) is 0 Å². The maximum atomic E-state index is 13.2. The first-order chi connectivity index (χ1) is 13.0. The fraction of sp³-hybridized carbons (Fsp3) is 0.158. The summed E-state index contributed by atoms with van der Waals surface area (Å²) in [5.41, 5.74) is 4.79. The first-order valence-corrected chi connectivity index (χ1v) is 8.40. The summed E-state index contributed by atoms with van der Waals surface area (Å²) in [6.45, 7) is 3.49. The standard InChI is InChI=1S/C19H16FN5O2/c1-11(2)18(26)23-24-8-7-16-15(19(24)27)9-21-17-14(10-22-25(16)17)12-3-5-13(20)6-4-12/h3-11H,1-2H3,(H,23,26). The molecule has 4 aromatic rings. The van der Waals surface area contributed by atoms with Gasteiger partial charge in [-0.3, -0.25) is 15.0 Å². The second kappa shape index (κ2) is 6.31. The van der Waals surface area contributed by atoms with Crippen LogP contribution in [0.3, 0.4) is 0 Å². The molecule has 0 bridgehead atoms. The Morgan fingerprint density at radius 3 is 2.59 bits per heavy atom. The molecule has 1 N–H and O–H groups in total. The van der Waals surface area contributed by atoms with Gasteiger partial charge < -0.3 is 0 Å². The summed E-state index contributed by atoms with van der Waals surface area (Å²) in [5, 5.41) is 4.65. The molecule has 136 valence electrons. The molecule has 0 spiro atoms. The van der Waals surface area contributed by atoms with Crippen LogP contribution in [0.15, 0.2) is 53.7 Å². The molecule has 1 aromatic carbocycles. The molecule has 4 rings (SSSR count). The molecule has 3 aromatic heterocycles. The van der Waals surface area contributed by atoms with Crippen LogP contribution in [-0.2, 0) is 4.79 Å². The minimum Gasteiger partial charge on any atom is -0.273 e. The molecule has 0 aliphatic heterocycles. The van der Waals surface area contributed by atoms with Crippen molar-refractivity contribution in [2.45, 2.75) is 13.8 Å². The number of fused-ring (bicyclic) bond motifs is 3. The first kappa shape index (κ1) is 16.9. The summed E-state index contributed by atoms with van der Waals surface area (Å²) in [5.74, 6) is -0.835. The molecule has 0 atom stereocenters. The van der Waals surface area contributed by atoms with Crippen LogP contribution >= 0.6 is 0 Å². The molecular formula is C19H16FN5O2. The fourth-order valence-corrected chi connectivity index (χ4v) is 2.79. The van der Waals surface area contributed by atoms with E-state index in [2.05, 4.69) is 15.5 Å². The lowest BCUT2D eigenvalue weighted by Crippen LogP contribution is -2.35. The molecule has 0 fully saturated rings. The van der Waals surface area contributed by atoms with Crippen LogP contribution < -0.4 is 11.0 Å². The number of nitrogens with one attached hydrogen (secondary N) is 1. The second-order valence-corrected chi connectivity index (χ2v) is 6.48. The van der Waals surface area contributed by atoms with E-state index in [1.54, 1.807) is 42.8 Å². The Hall–Kier alpha value is -3.55. The number of nitrogens with zero attached hydrogens (tertiary/aromatic N) is 4. The Morgan fingerprint density at radius 1 is 1.15 bits per heavy atom. The minimum atomic E-state index is -0.394. The molecule has 0 aliphatic carbocycles. The summed E-state index contributed by atoms with van der Waals surface area (Å²) in [4.78, 5) is 28.9. The van der Waals surface area contributed by atoms with E-state index in [-0.39, 0.29) is 17.6 Å². The van der Waals surface area contributed by atoms with Crippen molar-refractivity contribution in [1.82, 2.24) is 19.3 Å². The lowest BCUT2D eigenvalue weighted by molar-refractivity contribution is -0.119. The molecule has 0 saturated heterocycles. The van der Waals surface area contributed by atoms with E-state index < -0.39 is 5.56 Å². The Labute approximate surface area is 153 Å². The number of amides is 1. The Kier molecular flexibility index (Phi) is 3.95. The summed E-state index contributed by atoms with van der Waals surface area (Å²) in [6.07, 6.45) is 4.57. The van der Waals surface area contributed by atoms with Crippen LogP contribution in [0.1, 0.15) is 13.8 Å². The van der Waals surface area contributed by atoms with Gasteiger partial charge in [0.05, 0.1) is 17.1 Å². The summed E-state index contributed by atoms with van der Waals surface area (Å²) in [6, 6.07) is 7.73. The smallest absolute Gasteiger partial charge is 0.273 e. The molecule has 8 heteroatoms. The average molecular weight is 365 g/mol. The number of halogens is 1. The van der Waals surface area contributed by atoms with Gasteiger partial charge in [-0.15, -0.1) is 0 Å². The van der Waals surface area contributed by atoms with Crippen molar-refractivity contribution in [3.8, 4) is 11.1 Å². The Morgan fingerprint density at radius 2 is 1.89 bits per heavy atom. The number of hydrogen-bond donors (Lipinski definition) is 1. The molecule has 0 unspecified atom stereocenters. The largest absolute Gasteiger partial charge is 0.280 e. The number of carbonyl (C=O) groups excluding carboxylic acids is 1. The molecule has 0 saturated carbocycles. The van der Waals surface area contributed by atoms with Crippen molar-refractivity contribution in [1.29, 1.82) is 0 Å². The quantitative estimate of drug-likeness (QED) is 0.605. The van der Waals surface area contributed by atoms with Gasteiger partial charge in [0, 0.05) is 23.9 Å². The fourth-order valence-electron chi connectivity index (χ4n) is 2.79. The van der Waals surface area contributed by atoms with Gasteiger partial charge in [0.1, 0.15) is 5.82 Å². The summed E-state index contributed by atoms with van der Waals surface area (Å²) in [7, 11) is 0. The third-order valence-corrected chi connectivity index (χ3v) is 4.30. The third kappa shape index (κ3) is 2.84.